The van der Waals surface area contributed by atoms with Crippen LogP contribution < -0.4 is 0 Å². The molecule has 0 aliphatic carbocycles. The van der Waals surface area contributed by atoms with E-state index in [9.17, 15) is 0 Å². The normalized spacial score (nSPS) is 11.7. The fraction of sp³-hybridized carbons (Fsp3) is 0. The molecule has 0 saturated carbocycles. The van der Waals surface area contributed by atoms with Crippen LogP contribution in [0.15, 0.2) is 180 Å². The molecule has 11 rings (SSSR count). The minimum absolute atomic E-state index is 0.612. The first-order valence-electron chi connectivity index (χ1n) is 18.0. The zero-order chi connectivity index (χ0) is 35.6. The highest BCUT2D eigenvalue weighted by atomic mass is 32.1. The summed E-state index contributed by atoms with van der Waals surface area (Å²) in [4.78, 5) is 15.6. The van der Waals surface area contributed by atoms with Gasteiger partial charge in [-0.1, -0.05) is 133 Å². The molecule has 4 nitrogen and oxygen atoms in total. The predicted octanol–water partition coefficient (Wildman–Crippen LogP) is 13.6. The van der Waals surface area contributed by atoms with Crippen LogP contribution in [0.1, 0.15) is 0 Å². The minimum Gasteiger partial charge on any atom is -0.455 e. The highest BCUT2D eigenvalue weighted by Gasteiger charge is 2.19. The van der Waals surface area contributed by atoms with Crippen LogP contribution in [0.5, 0.6) is 0 Å². The molecule has 5 heteroatoms. The van der Waals surface area contributed by atoms with E-state index < -0.39 is 0 Å². The zero-order valence-corrected chi connectivity index (χ0v) is 29.7. The van der Waals surface area contributed by atoms with Crippen LogP contribution in [0.2, 0.25) is 0 Å². The summed E-state index contributed by atoms with van der Waals surface area (Å²) in [5, 5.41) is 6.70. The second-order valence-corrected chi connectivity index (χ2v) is 14.7. The SMILES string of the molecule is c1ccc(-c2ccc(-c3nc(-c4ccc5oc6c7ccccc7ccc6c5c4)nc(-c4cccc5sc6ccc(-c7ccccc7)cc6c45)n3)cc2)cc1. The summed E-state index contributed by atoms with van der Waals surface area (Å²) in [6.45, 7) is 0. The average Bonchev–Trinajstić information content (AvgIpc) is 3.82. The van der Waals surface area contributed by atoms with Crippen molar-refractivity contribution in [3.05, 3.63) is 176 Å². The maximum absolute atomic E-state index is 6.46. The molecule has 3 heterocycles. The van der Waals surface area contributed by atoms with Crippen LogP contribution in [0.25, 0.3) is 109 Å². The number of thiophene rings is 1. The van der Waals surface area contributed by atoms with Gasteiger partial charge in [-0.15, -0.1) is 11.3 Å². The second kappa shape index (κ2) is 12.3. The van der Waals surface area contributed by atoms with Crippen molar-refractivity contribution in [1.82, 2.24) is 15.0 Å². The lowest BCUT2D eigenvalue weighted by atomic mass is 10.0. The van der Waals surface area contributed by atoms with Gasteiger partial charge in [0, 0.05) is 53.0 Å². The molecule has 0 aliphatic rings. The Labute approximate surface area is 314 Å². The molecular weight excluding hydrogens is 679 g/mol. The van der Waals surface area contributed by atoms with Crippen molar-refractivity contribution in [3.8, 4) is 56.4 Å². The zero-order valence-electron chi connectivity index (χ0n) is 28.9. The summed E-state index contributed by atoms with van der Waals surface area (Å²) in [7, 11) is 0. The van der Waals surface area contributed by atoms with Gasteiger partial charge < -0.3 is 4.42 Å². The smallest absolute Gasteiger partial charge is 0.164 e. The first-order valence-corrected chi connectivity index (χ1v) is 18.8. The van der Waals surface area contributed by atoms with Gasteiger partial charge in [-0.2, -0.15) is 0 Å². The third-order valence-corrected chi connectivity index (χ3v) is 11.5. The van der Waals surface area contributed by atoms with Crippen molar-refractivity contribution in [2.75, 3.05) is 0 Å². The van der Waals surface area contributed by atoms with Crippen LogP contribution in [-0.4, -0.2) is 15.0 Å². The number of fused-ring (bicyclic) bond motifs is 8. The number of furan rings is 1. The molecule has 0 bridgehead atoms. The highest BCUT2D eigenvalue weighted by Crippen LogP contribution is 2.42. The van der Waals surface area contributed by atoms with Gasteiger partial charge in [-0.05, 0) is 70.1 Å². The van der Waals surface area contributed by atoms with E-state index in [-0.39, 0.29) is 0 Å². The number of benzene rings is 8. The Kier molecular flexibility index (Phi) is 7.00. The minimum atomic E-state index is 0.612. The summed E-state index contributed by atoms with van der Waals surface area (Å²) >= 11 is 1.80. The molecule has 11 aromatic rings. The first-order chi connectivity index (χ1) is 26.7. The van der Waals surface area contributed by atoms with Gasteiger partial charge in [0.05, 0.1) is 0 Å². The Hall–Kier alpha value is -6.95. The molecular formula is C49H29N3OS. The first kappa shape index (κ1) is 30.7. The predicted molar refractivity (Wildman–Crippen MR) is 225 cm³/mol. The molecule has 0 aliphatic heterocycles. The number of nitrogens with zero attached hydrogens (tertiary/aromatic N) is 3. The molecule has 8 aromatic carbocycles. The molecule has 0 saturated heterocycles. The summed E-state index contributed by atoms with van der Waals surface area (Å²) in [6, 6.07) is 61.6. The van der Waals surface area contributed by atoms with Crippen molar-refractivity contribution in [3.63, 3.8) is 0 Å². The quantitative estimate of drug-likeness (QED) is 0.179. The van der Waals surface area contributed by atoms with Gasteiger partial charge in [0.25, 0.3) is 0 Å². The number of rotatable bonds is 5. The van der Waals surface area contributed by atoms with E-state index in [1.165, 1.54) is 31.5 Å². The second-order valence-electron chi connectivity index (χ2n) is 13.6. The van der Waals surface area contributed by atoms with Crippen molar-refractivity contribution in [2.24, 2.45) is 0 Å². The Bertz CT molecular complexity index is 3200. The lowest BCUT2D eigenvalue weighted by molar-refractivity contribution is 0.672. The van der Waals surface area contributed by atoms with Gasteiger partial charge in [0.1, 0.15) is 11.2 Å². The van der Waals surface area contributed by atoms with E-state index in [0.29, 0.717) is 17.5 Å². The van der Waals surface area contributed by atoms with Gasteiger partial charge in [0.2, 0.25) is 0 Å². The molecule has 0 unspecified atom stereocenters. The van der Waals surface area contributed by atoms with E-state index in [0.717, 1.165) is 60.4 Å². The maximum Gasteiger partial charge on any atom is 0.164 e. The third kappa shape index (κ3) is 5.09. The highest BCUT2D eigenvalue weighted by molar-refractivity contribution is 7.26. The van der Waals surface area contributed by atoms with E-state index >= 15 is 0 Å². The number of hydrogen-bond acceptors (Lipinski definition) is 5. The topological polar surface area (TPSA) is 51.8 Å². The number of aromatic nitrogens is 3. The Morgan fingerprint density at radius 3 is 1.81 bits per heavy atom. The largest absolute Gasteiger partial charge is 0.455 e. The van der Waals surface area contributed by atoms with E-state index in [1.54, 1.807) is 11.3 Å². The average molecular weight is 708 g/mol. The molecule has 0 spiro atoms. The van der Waals surface area contributed by atoms with E-state index in [1.807, 2.05) is 12.1 Å². The molecule has 0 radical (unpaired) electrons. The molecule has 0 amide bonds. The molecule has 0 fully saturated rings. The number of hydrogen-bond donors (Lipinski definition) is 0. The van der Waals surface area contributed by atoms with Crippen molar-refractivity contribution in [2.45, 2.75) is 0 Å². The third-order valence-electron chi connectivity index (χ3n) is 10.3. The summed E-state index contributed by atoms with van der Waals surface area (Å²) in [5.41, 5.74) is 9.21. The van der Waals surface area contributed by atoms with Gasteiger partial charge in [0.15, 0.2) is 17.5 Å². The summed E-state index contributed by atoms with van der Waals surface area (Å²) < 4.78 is 8.89. The summed E-state index contributed by atoms with van der Waals surface area (Å²) in [5.74, 6) is 1.88. The van der Waals surface area contributed by atoms with Gasteiger partial charge in [-0.3, -0.25) is 0 Å². The van der Waals surface area contributed by atoms with Crippen LogP contribution >= 0.6 is 11.3 Å². The van der Waals surface area contributed by atoms with Crippen LogP contribution in [0, 0.1) is 0 Å². The monoisotopic (exact) mass is 707 g/mol. The molecule has 0 N–H and O–H groups in total. The van der Waals surface area contributed by atoms with Crippen molar-refractivity contribution < 1.29 is 4.42 Å². The van der Waals surface area contributed by atoms with Crippen LogP contribution in [0.3, 0.4) is 0 Å². The lowest BCUT2D eigenvalue weighted by Gasteiger charge is -2.10. The van der Waals surface area contributed by atoms with Crippen molar-refractivity contribution >= 4 is 64.2 Å². The van der Waals surface area contributed by atoms with Crippen LogP contribution in [-0.2, 0) is 0 Å². The van der Waals surface area contributed by atoms with E-state index in [2.05, 4.69) is 164 Å². The van der Waals surface area contributed by atoms with Gasteiger partial charge >= 0.3 is 0 Å². The molecule has 3 aromatic heterocycles. The summed E-state index contributed by atoms with van der Waals surface area (Å²) in [6.07, 6.45) is 0. The van der Waals surface area contributed by atoms with E-state index in [4.69, 9.17) is 19.4 Å². The Morgan fingerprint density at radius 2 is 1.00 bits per heavy atom. The standard InChI is InChI=1S/C49H29N3OS/c1-3-10-30(11-4-1)32-18-20-34(21-19-32)47-50-48(36-23-26-42-40(29-36)38-25-22-33-14-7-8-15-37(33)46(38)53-42)52-49(51-47)39-16-9-17-44-45(39)41-28-35(24-27-43(41)54-44)31-12-5-2-6-13-31/h1-29H. The van der Waals surface area contributed by atoms with Crippen molar-refractivity contribution in [1.29, 1.82) is 0 Å². The fourth-order valence-corrected chi connectivity index (χ4v) is 8.78. The van der Waals surface area contributed by atoms with Gasteiger partial charge in [-0.25, -0.2) is 15.0 Å². The molecule has 252 valence electrons. The maximum atomic E-state index is 6.46. The Morgan fingerprint density at radius 1 is 0.370 bits per heavy atom. The fourth-order valence-electron chi connectivity index (χ4n) is 7.66. The Balaban J connectivity index is 1.12. The molecule has 0 atom stereocenters. The lowest BCUT2D eigenvalue weighted by Crippen LogP contribution is -2.00. The molecule has 54 heavy (non-hydrogen) atoms. The van der Waals surface area contributed by atoms with Crippen LogP contribution in [0.4, 0.5) is 0 Å².